The predicted molar refractivity (Wildman–Crippen MR) is 128 cm³/mol. The number of esters is 1. The predicted octanol–water partition coefficient (Wildman–Crippen LogP) is 4.18. The molecule has 0 bridgehead atoms. The molecule has 1 amide bonds. The summed E-state index contributed by atoms with van der Waals surface area (Å²) in [6, 6.07) is 9.98. The zero-order chi connectivity index (χ0) is 25.3. The first-order chi connectivity index (χ1) is 16.1. The van der Waals surface area contributed by atoms with Gasteiger partial charge in [-0.25, -0.2) is 9.59 Å². The van der Waals surface area contributed by atoms with Crippen molar-refractivity contribution in [2.75, 3.05) is 20.8 Å². The molecule has 0 aromatic heterocycles. The summed E-state index contributed by atoms with van der Waals surface area (Å²) in [6.07, 6.45) is 0.812. The SMILES string of the molecule is CCOC(=O)[C@H](Cc1ccc(-c2c(OC)cc(/C=N\O)cc2OC)cc1)NC(=O)OC(C)(C)C. The van der Waals surface area contributed by atoms with E-state index < -0.39 is 23.7 Å². The van der Waals surface area contributed by atoms with E-state index in [1.807, 2.05) is 24.3 Å². The molecular weight excluding hydrogens is 440 g/mol. The van der Waals surface area contributed by atoms with E-state index in [4.69, 9.17) is 24.2 Å². The van der Waals surface area contributed by atoms with Gasteiger partial charge in [0.05, 0.1) is 32.6 Å². The van der Waals surface area contributed by atoms with Crippen LogP contribution in [0.5, 0.6) is 11.5 Å². The zero-order valence-corrected chi connectivity index (χ0v) is 20.4. The molecule has 0 spiro atoms. The molecule has 9 nitrogen and oxygen atoms in total. The molecular formula is C25H32N2O7. The van der Waals surface area contributed by atoms with Gasteiger partial charge < -0.3 is 29.5 Å². The van der Waals surface area contributed by atoms with Crippen LogP contribution in [0.1, 0.15) is 38.8 Å². The van der Waals surface area contributed by atoms with Crippen LogP contribution >= 0.6 is 0 Å². The largest absolute Gasteiger partial charge is 0.496 e. The van der Waals surface area contributed by atoms with Crippen molar-refractivity contribution in [3.63, 3.8) is 0 Å². The van der Waals surface area contributed by atoms with Crippen LogP contribution in [0.15, 0.2) is 41.6 Å². The Labute approximate surface area is 199 Å². The molecule has 0 aliphatic rings. The summed E-state index contributed by atoms with van der Waals surface area (Å²) in [5.41, 5.74) is 2.27. The second kappa shape index (κ2) is 11.9. The number of hydrogen-bond acceptors (Lipinski definition) is 8. The number of oxime groups is 1. The van der Waals surface area contributed by atoms with Gasteiger partial charge in [0.1, 0.15) is 23.1 Å². The lowest BCUT2D eigenvalue weighted by Crippen LogP contribution is -2.45. The summed E-state index contributed by atoms with van der Waals surface area (Å²) >= 11 is 0. The van der Waals surface area contributed by atoms with Crippen molar-refractivity contribution >= 4 is 18.3 Å². The van der Waals surface area contributed by atoms with Gasteiger partial charge in [-0.3, -0.25) is 0 Å². The van der Waals surface area contributed by atoms with Crippen molar-refractivity contribution in [3.8, 4) is 22.6 Å². The van der Waals surface area contributed by atoms with Gasteiger partial charge in [-0.05, 0) is 51.0 Å². The summed E-state index contributed by atoms with van der Waals surface area (Å²) in [5, 5.41) is 14.5. The van der Waals surface area contributed by atoms with E-state index in [0.29, 0.717) is 17.1 Å². The normalized spacial score (nSPS) is 12.2. The summed E-state index contributed by atoms with van der Waals surface area (Å²) in [6.45, 7) is 7.14. The Hall–Kier alpha value is -3.75. The van der Waals surface area contributed by atoms with E-state index >= 15 is 0 Å². The molecule has 0 fully saturated rings. The Balaban J connectivity index is 2.31. The van der Waals surface area contributed by atoms with Crippen molar-refractivity contribution in [2.45, 2.75) is 45.8 Å². The van der Waals surface area contributed by atoms with E-state index in [1.54, 1.807) is 54.0 Å². The second-order valence-electron chi connectivity index (χ2n) is 8.40. The monoisotopic (exact) mass is 472 g/mol. The lowest BCUT2D eigenvalue weighted by atomic mass is 9.98. The van der Waals surface area contributed by atoms with Crippen molar-refractivity contribution in [1.29, 1.82) is 0 Å². The Bertz CT molecular complexity index is 986. The number of nitrogens with one attached hydrogen (secondary N) is 1. The lowest BCUT2D eigenvalue weighted by molar-refractivity contribution is -0.145. The maximum absolute atomic E-state index is 12.4. The number of alkyl carbamates (subject to hydrolysis) is 1. The van der Waals surface area contributed by atoms with Crippen molar-refractivity contribution in [1.82, 2.24) is 5.32 Å². The summed E-state index contributed by atoms with van der Waals surface area (Å²) < 4.78 is 21.4. The van der Waals surface area contributed by atoms with Gasteiger partial charge in [0.2, 0.25) is 0 Å². The third kappa shape index (κ3) is 7.40. The number of benzene rings is 2. The van der Waals surface area contributed by atoms with E-state index in [2.05, 4.69) is 10.5 Å². The van der Waals surface area contributed by atoms with Crippen LogP contribution in [-0.2, 0) is 20.7 Å². The first kappa shape index (κ1) is 26.5. The van der Waals surface area contributed by atoms with Gasteiger partial charge in [-0.1, -0.05) is 29.4 Å². The van der Waals surface area contributed by atoms with Crippen molar-refractivity contribution < 1.29 is 33.7 Å². The lowest BCUT2D eigenvalue weighted by Gasteiger charge is -2.23. The fraction of sp³-hybridized carbons (Fsp3) is 0.400. The van der Waals surface area contributed by atoms with Gasteiger partial charge in [0, 0.05) is 12.0 Å². The Morgan fingerprint density at radius 3 is 2.15 bits per heavy atom. The van der Waals surface area contributed by atoms with Crippen LogP contribution in [0.2, 0.25) is 0 Å². The minimum atomic E-state index is -0.901. The van der Waals surface area contributed by atoms with Gasteiger partial charge >= 0.3 is 12.1 Å². The zero-order valence-electron chi connectivity index (χ0n) is 20.4. The van der Waals surface area contributed by atoms with Crippen LogP contribution in [0.3, 0.4) is 0 Å². The third-order valence-corrected chi connectivity index (χ3v) is 4.68. The van der Waals surface area contributed by atoms with E-state index in [1.165, 1.54) is 6.21 Å². The molecule has 2 aromatic rings. The number of ether oxygens (including phenoxy) is 4. The number of amides is 1. The van der Waals surface area contributed by atoms with Gasteiger partial charge in [0.15, 0.2) is 0 Å². The van der Waals surface area contributed by atoms with Gasteiger partial charge in [-0.15, -0.1) is 0 Å². The summed E-state index contributed by atoms with van der Waals surface area (Å²) in [4.78, 5) is 24.7. The van der Waals surface area contributed by atoms with Crippen LogP contribution in [0.25, 0.3) is 11.1 Å². The van der Waals surface area contributed by atoms with Crippen molar-refractivity contribution in [2.24, 2.45) is 5.16 Å². The number of rotatable bonds is 9. The molecule has 0 heterocycles. The smallest absolute Gasteiger partial charge is 0.408 e. The Kier molecular flexibility index (Phi) is 9.29. The minimum absolute atomic E-state index is 0.195. The molecule has 34 heavy (non-hydrogen) atoms. The Morgan fingerprint density at radius 1 is 1.09 bits per heavy atom. The van der Waals surface area contributed by atoms with E-state index in [9.17, 15) is 9.59 Å². The molecule has 0 saturated carbocycles. The molecule has 0 saturated heterocycles. The summed E-state index contributed by atoms with van der Waals surface area (Å²) in [7, 11) is 3.08. The van der Waals surface area contributed by atoms with Gasteiger partial charge in [-0.2, -0.15) is 0 Å². The molecule has 2 aromatic carbocycles. The fourth-order valence-electron chi connectivity index (χ4n) is 3.29. The highest BCUT2D eigenvalue weighted by Crippen LogP contribution is 2.39. The number of nitrogens with zero attached hydrogens (tertiary/aromatic N) is 1. The summed E-state index contributed by atoms with van der Waals surface area (Å²) in [5.74, 6) is 0.540. The van der Waals surface area contributed by atoms with Gasteiger partial charge in [0.25, 0.3) is 0 Å². The first-order valence-electron chi connectivity index (χ1n) is 10.8. The third-order valence-electron chi connectivity index (χ3n) is 4.68. The second-order valence-corrected chi connectivity index (χ2v) is 8.40. The van der Waals surface area contributed by atoms with Crippen LogP contribution in [-0.4, -0.2) is 56.0 Å². The quantitative estimate of drug-likeness (QED) is 0.243. The molecule has 0 radical (unpaired) electrons. The molecule has 1 atom stereocenters. The molecule has 0 aliphatic heterocycles. The average Bonchev–Trinajstić information content (AvgIpc) is 2.77. The molecule has 184 valence electrons. The maximum Gasteiger partial charge on any atom is 0.408 e. The van der Waals surface area contributed by atoms with Crippen molar-refractivity contribution in [3.05, 3.63) is 47.5 Å². The average molecular weight is 473 g/mol. The van der Waals surface area contributed by atoms with Crippen LogP contribution in [0, 0.1) is 0 Å². The Morgan fingerprint density at radius 2 is 1.68 bits per heavy atom. The highest BCUT2D eigenvalue weighted by molar-refractivity contribution is 5.86. The number of methoxy groups -OCH3 is 2. The highest BCUT2D eigenvalue weighted by Gasteiger charge is 2.26. The minimum Gasteiger partial charge on any atom is -0.496 e. The van der Waals surface area contributed by atoms with E-state index in [0.717, 1.165) is 16.7 Å². The standard InChI is InChI=1S/C25H32N2O7/c1-7-33-23(28)19(27-24(29)34-25(2,3)4)12-16-8-10-18(11-9-16)22-20(31-5)13-17(15-26-30)14-21(22)32-6/h8-11,13-15,19,30H,7,12H2,1-6H3,(H,27,29)/b26-15-/t19-/m0/s1. The number of hydrogen-bond donors (Lipinski definition) is 2. The number of carbonyl (C=O) groups excluding carboxylic acids is 2. The highest BCUT2D eigenvalue weighted by atomic mass is 16.6. The molecule has 0 aliphatic carbocycles. The molecule has 0 unspecified atom stereocenters. The van der Waals surface area contributed by atoms with Crippen LogP contribution < -0.4 is 14.8 Å². The topological polar surface area (TPSA) is 116 Å². The first-order valence-corrected chi connectivity index (χ1v) is 10.8. The molecule has 9 heteroatoms. The number of carbonyl (C=O) groups is 2. The van der Waals surface area contributed by atoms with E-state index in [-0.39, 0.29) is 13.0 Å². The van der Waals surface area contributed by atoms with Crippen LogP contribution in [0.4, 0.5) is 4.79 Å². The maximum atomic E-state index is 12.4. The molecule has 2 N–H and O–H groups in total. The molecule has 2 rings (SSSR count). The fourth-order valence-corrected chi connectivity index (χ4v) is 3.29.